The lowest BCUT2D eigenvalue weighted by atomic mass is 10.2. The van der Waals surface area contributed by atoms with Crippen LogP contribution in [0, 0.1) is 6.04 Å². The van der Waals surface area contributed by atoms with E-state index in [4.69, 9.17) is 0 Å². The average molecular weight is 268 g/mol. The summed E-state index contributed by atoms with van der Waals surface area (Å²) in [7, 11) is 0. The number of allylic oxidation sites excluding steroid dienone is 2. The molecule has 1 aliphatic rings. The maximum Gasteiger partial charge on any atom is 0.166 e. The van der Waals surface area contributed by atoms with Gasteiger partial charge in [-0.1, -0.05) is 54.2 Å². The number of rotatable bonds is 4. The zero-order valence-electron chi connectivity index (χ0n) is 10.3. The molecule has 0 saturated heterocycles. The molecule has 2 N–H and O–H groups in total. The maximum absolute atomic E-state index is 4.59. The molecule has 2 aromatic rings. The Kier molecular flexibility index (Phi) is 3.70. The predicted molar refractivity (Wildman–Crippen MR) is 79.4 cm³/mol. The second-order valence-electron chi connectivity index (χ2n) is 4.13. The average Bonchev–Trinajstić information content (AvgIpc) is 2.96. The predicted octanol–water partition coefficient (Wildman–Crippen LogP) is 3.37. The standard InChI is InChI=1S/C15H14N3S/c1-2-6-12(7-3-1)14-10-17-15(18-14)19-11-13-8-4-5-9-16-13/h1-10,16H,11H2,(H,17,18). The number of H-pyrrole nitrogens is 1. The summed E-state index contributed by atoms with van der Waals surface area (Å²) >= 11 is 1.69. The minimum Gasteiger partial charge on any atom is -0.379 e. The first-order valence-electron chi connectivity index (χ1n) is 6.11. The summed E-state index contributed by atoms with van der Waals surface area (Å²) in [5.41, 5.74) is 2.12. The molecule has 0 aliphatic carbocycles. The normalized spacial score (nSPS) is 14.5. The smallest absolute Gasteiger partial charge is 0.166 e. The molecule has 4 heteroatoms. The van der Waals surface area contributed by atoms with Crippen LogP contribution in [0.2, 0.25) is 0 Å². The lowest BCUT2D eigenvalue weighted by Gasteiger charge is -2.12. The number of imidazole rings is 1. The van der Waals surface area contributed by atoms with Gasteiger partial charge in [0.1, 0.15) is 0 Å². The van der Waals surface area contributed by atoms with E-state index in [-0.39, 0.29) is 0 Å². The van der Waals surface area contributed by atoms with Crippen LogP contribution in [0.3, 0.4) is 0 Å². The largest absolute Gasteiger partial charge is 0.379 e. The van der Waals surface area contributed by atoms with Crippen molar-refractivity contribution in [3.8, 4) is 11.3 Å². The minimum absolute atomic E-state index is 0.878. The van der Waals surface area contributed by atoms with Crippen molar-refractivity contribution in [1.29, 1.82) is 0 Å². The van der Waals surface area contributed by atoms with E-state index in [0.717, 1.165) is 22.2 Å². The number of hydrogen-bond acceptors (Lipinski definition) is 3. The first kappa shape index (κ1) is 12.1. The van der Waals surface area contributed by atoms with Gasteiger partial charge in [0.05, 0.1) is 11.7 Å². The van der Waals surface area contributed by atoms with E-state index in [0.29, 0.717) is 0 Å². The maximum atomic E-state index is 4.59. The highest BCUT2D eigenvalue weighted by Crippen LogP contribution is 2.23. The van der Waals surface area contributed by atoms with Gasteiger partial charge in [-0.15, -0.1) is 0 Å². The molecule has 2 heterocycles. The highest BCUT2D eigenvalue weighted by atomic mass is 32.2. The molecular formula is C15H14N3S. The van der Waals surface area contributed by atoms with Crippen molar-refractivity contribution in [3.05, 3.63) is 67.0 Å². The Labute approximate surface area is 116 Å². The lowest BCUT2D eigenvalue weighted by molar-refractivity contribution is 0.932. The van der Waals surface area contributed by atoms with Gasteiger partial charge in [-0.05, 0) is 12.3 Å². The van der Waals surface area contributed by atoms with E-state index >= 15 is 0 Å². The molecule has 0 fully saturated rings. The third-order valence-corrected chi connectivity index (χ3v) is 3.70. The fraction of sp³-hybridized carbons (Fsp3) is 0.0667. The number of nitrogens with zero attached hydrogens (tertiary/aromatic N) is 1. The van der Waals surface area contributed by atoms with Crippen LogP contribution < -0.4 is 5.32 Å². The van der Waals surface area contributed by atoms with Crippen LogP contribution in [0.4, 0.5) is 0 Å². The Morgan fingerprint density at radius 2 is 2.00 bits per heavy atom. The molecule has 1 radical (unpaired) electrons. The molecule has 1 aliphatic heterocycles. The van der Waals surface area contributed by atoms with Crippen LogP contribution >= 0.6 is 11.8 Å². The van der Waals surface area contributed by atoms with Crippen LogP contribution in [-0.4, -0.2) is 15.7 Å². The Hall–Kier alpha value is -1.94. The second-order valence-corrected chi connectivity index (χ2v) is 5.10. The van der Waals surface area contributed by atoms with Gasteiger partial charge in [0.25, 0.3) is 0 Å². The van der Waals surface area contributed by atoms with Crippen molar-refractivity contribution in [1.82, 2.24) is 15.3 Å². The van der Waals surface area contributed by atoms with Crippen molar-refractivity contribution < 1.29 is 0 Å². The van der Waals surface area contributed by atoms with Crippen molar-refractivity contribution in [2.45, 2.75) is 5.16 Å². The topological polar surface area (TPSA) is 40.7 Å². The molecule has 3 rings (SSSR count). The quantitative estimate of drug-likeness (QED) is 0.835. The van der Waals surface area contributed by atoms with Gasteiger partial charge in [0.15, 0.2) is 5.16 Å². The van der Waals surface area contributed by atoms with Crippen molar-refractivity contribution in [3.63, 3.8) is 0 Å². The van der Waals surface area contributed by atoms with Gasteiger partial charge < -0.3 is 10.3 Å². The van der Waals surface area contributed by atoms with E-state index in [1.165, 1.54) is 6.04 Å². The van der Waals surface area contributed by atoms with Gasteiger partial charge >= 0.3 is 0 Å². The Morgan fingerprint density at radius 1 is 1.11 bits per heavy atom. The van der Waals surface area contributed by atoms with E-state index < -0.39 is 0 Å². The van der Waals surface area contributed by atoms with Crippen LogP contribution in [-0.2, 0) is 0 Å². The number of hydrogen-bond donors (Lipinski definition) is 2. The molecule has 1 aromatic heterocycles. The number of nitrogens with one attached hydrogen (secondary N) is 2. The highest BCUT2D eigenvalue weighted by Gasteiger charge is 2.09. The second kappa shape index (κ2) is 5.80. The van der Waals surface area contributed by atoms with Crippen molar-refractivity contribution in [2.75, 3.05) is 5.75 Å². The molecular weight excluding hydrogens is 254 g/mol. The number of dihydropyridines is 1. The summed E-state index contributed by atoms with van der Waals surface area (Å²) in [6, 6.07) is 11.4. The first-order chi connectivity index (χ1) is 9.42. The highest BCUT2D eigenvalue weighted by molar-refractivity contribution is 7.99. The third kappa shape index (κ3) is 3.09. The Balaban J connectivity index is 1.62. The lowest BCUT2D eigenvalue weighted by Crippen LogP contribution is -2.16. The van der Waals surface area contributed by atoms with Crippen LogP contribution in [0.25, 0.3) is 11.3 Å². The van der Waals surface area contributed by atoms with Gasteiger partial charge in [0, 0.05) is 17.5 Å². The molecule has 0 unspecified atom stereocenters. The molecule has 0 spiro atoms. The van der Waals surface area contributed by atoms with Gasteiger partial charge in [-0.25, -0.2) is 4.98 Å². The van der Waals surface area contributed by atoms with Crippen LogP contribution in [0.5, 0.6) is 0 Å². The van der Waals surface area contributed by atoms with E-state index in [1.54, 1.807) is 11.8 Å². The van der Waals surface area contributed by atoms with Crippen molar-refractivity contribution in [2.24, 2.45) is 0 Å². The van der Waals surface area contributed by atoms with E-state index in [2.05, 4.69) is 33.5 Å². The van der Waals surface area contributed by atoms with E-state index in [9.17, 15) is 0 Å². The van der Waals surface area contributed by atoms with E-state index in [1.807, 2.05) is 42.7 Å². The summed E-state index contributed by atoms with van der Waals surface area (Å²) in [5, 5.41) is 4.16. The summed E-state index contributed by atoms with van der Waals surface area (Å²) in [6.07, 6.45) is 9.98. The number of aromatic nitrogens is 2. The molecule has 95 valence electrons. The Bertz CT molecular complexity index is 586. The van der Waals surface area contributed by atoms with Crippen LogP contribution in [0.15, 0.2) is 66.1 Å². The van der Waals surface area contributed by atoms with Crippen LogP contribution in [0.1, 0.15) is 0 Å². The summed E-state index contributed by atoms with van der Waals surface area (Å²) in [5.74, 6) is 0.878. The summed E-state index contributed by atoms with van der Waals surface area (Å²) in [4.78, 5) is 7.80. The van der Waals surface area contributed by atoms with Gasteiger partial charge in [-0.2, -0.15) is 0 Å². The third-order valence-electron chi connectivity index (χ3n) is 2.76. The molecule has 19 heavy (non-hydrogen) atoms. The summed E-state index contributed by atoms with van der Waals surface area (Å²) in [6.45, 7) is 0. The number of thioether (sulfide) groups is 1. The fourth-order valence-electron chi connectivity index (χ4n) is 1.80. The monoisotopic (exact) mass is 268 g/mol. The molecule has 0 bridgehead atoms. The molecule has 1 aromatic carbocycles. The number of aromatic amines is 1. The molecule has 3 nitrogen and oxygen atoms in total. The molecule has 0 saturated carbocycles. The van der Waals surface area contributed by atoms with Crippen molar-refractivity contribution >= 4 is 11.8 Å². The zero-order valence-corrected chi connectivity index (χ0v) is 11.2. The first-order valence-corrected chi connectivity index (χ1v) is 7.09. The molecule has 0 amide bonds. The van der Waals surface area contributed by atoms with Gasteiger partial charge in [-0.3, -0.25) is 0 Å². The van der Waals surface area contributed by atoms with Gasteiger partial charge in [0.2, 0.25) is 0 Å². The SMILES string of the molecule is C1=CN[C](CSc2nc(-c3ccccc3)c[nH]2)C=C1. The minimum atomic E-state index is 0.878. The molecule has 0 atom stereocenters. The Morgan fingerprint density at radius 3 is 2.79 bits per heavy atom. The summed E-state index contributed by atoms with van der Waals surface area (Å²) < 4.78 is 0. The fourth-order valence-corrected chi connectivity index (χ4v) is 2.58. The zero-order chi connectivity index (χ0) is 12.9. The number of benzene rings is 1.